The van der Waals surface area contributed by atoms with Crippen LogP contribution in [0, 0.1) is 6.92 Å². The van der Waals surface area contributed by atoms with E-state index in [-0.39, 0.29) is 10.5 Å². The first-order chi connectivity index (χ1) is 8.49. The Morgan fingerprint density at radius 3 is 2.11 bits per heavy atom. The van der Waals surface area contributed by atoms with E-state index < -0.39 is 7.12 Å². The second-order valence-electron chi connectivity index (χ2n) is 4.09. The average Bonchev–Trinajstić information content (AvgIpc) is 2.32. The van der Waals surface area contributed by atoms with E-state index in [1.807, 2.05) is 31.2 Å². The van der Waals surface area contributed by atoms with E-state index in [4.69, 9.17) is 33.2 Å². The van der Waals surface area contributed by atoms with Gasteiger partial charge in [-0.3, -0.25) is 0 Å². The number of rotatable bonds is 2. The fourth-order valence-electron chi connectivity index (χ4n) is 1.71. The van der Waals surface area contributed by atoms with Crippen molar-refractivity contribution in [2.45, 2.75) is 6.92 Å². The van der Waals surface area contributed by atoms with E-state index in [0.29, 0.717) is 5.02 Å². The molecule has 0 radical (unpaired) electrons. The first-order valence-corrected chi connectivity index (χ1v) is 6.17. The highest BCUT2D eigenvalue weighted by molar-refractivity contribution is 6.63. The summed E-state index contributed by atoms with van der Waals surface area (Å²) >= 11 is 12.1. The van der Waals surface area contributed by atoms with E-state index in [2.05, 4.69) is 0 Å². The van der Waals surface area contributed by atoms with Crippen LogP contribution in [0.4, 0.5) is 0 Å². The molecule has 18 heavy (non-hydrogen) atoms. The lowest BCUT2D eigenvalue weighted by Crippen LogP contribution is -2.30. The van der Waals surface area contributed by atoms with Gasteiger partial charge in [-0.1, -0.05) is 53.0 Å². The molecule has 0 saturated heterocycles. The van der Waals surface area contributed by atoms with Crippen molar-refractivity contribution < 1.29 is 10.0 Å². The first-order valence-electron chi connectivity index (χ1n) is 5.41. The molecule has 0 heterocycles. The zero-order valence-corrected chi connectivity index (χ0v) is 11.2. The maximum Gasteiger partial charge on any atom is 0.490 e. The smallest absolute Gasteiger partial charge is 0.423 e. The van der Waals surface area contributed by atoms with Crippen molar-refractivity contribution in [2.75, 3.05) is 0 Å². The third-order valence-corrected chi connectivity index (χ3v) is 3.37. The Morgan fingerprint density at radius 2 is 1.56 bits per heavy atom. The Bertz CT molecular complexity index is 568. The number of hydrogen-bond acceptors (Lipinski definition) is 2. The molecule has 0 unspecified atom stereocenters. The minimum atomic E-state index is -1.62. The van der Waals surface area contributed by atoms with Crippen molar-refractivity contribution >= 4 is 35.8 Å². The Kier molecular flexibility index (Phi) is 3.98. The largest absolute Gasteiger partial charge is 0.490 e. The minimum absolute atomic E-state index is 0.206. The number of halogens is 2. The fraction of sp³-hybridized carbons (Fsp3) is 0.0769. The Labute approximate surface area is 116 Å². The summed E-state index contributed by atoms with van der Waals surface area (Å²) in [7, 11) is -1.62. The summed E-state index contributed by atoms with van der Waals surface area (Å²) in [6, 6.07) is 11.0. The molecule has 2 aromatic carbocycles. The topological polar surface area (TPSA) is 40.5 Å². The molecule has 5 heteroatoms. The maximum atomic E-state index is 9.14. The lowest BCUT2D eigenvalue weighted by molar-refractivity contribution is 0.426. The average molecular weight is 281 g/mol. The van der Waals surface area contributed by atoms with Crippen molar-refractivity contribution in [3.8, 4) is 11.1 Å². The zero-order valence-electron chi connectivity index (χ0n) is 9.69. The lowest BCUT2D eigenvalue weighted by Gasteiger charge is -2.09. The van der Waals surface area contributed by atoms with Gasteiger partial charge in [-0.05, 0) is 24.6 Å². The van der Waals surface area contributed by atoms with E-state index in [1.54, 1.807) is 6.07 Å². The molecule has 2 N–H and O–H groups in total. The number of aryl methyl sites for hydroxylation is 1. The second kappa shape index (κ2) is 5.33. The number of hydrogen-bond donors (Lipinski definition) is 2. The quantitative estimate of drug-likeness (QED) is 0.831. The summed E-state index contributed by atoms with van der Waals surface area (Å²) < 4.78 is 0. The molecule has 2 aromatic rings. The third kappa shape index (κ3) is 2.70. The highest BCUT2D eigenvalue weighted by atomic mass is 35.5. The van der Waals surface area contributed by atoms with Gasteiger partial charge in [-0.15, -0.1) is 0 Å². The van der Waals surface area contributed by atoms with Crippen LogP contribution in [0.15, 0.2) is 36.4 Å². The van der Waals surface area contributed by atoms with Gasteiger partial charge in [0.2, 0.25) is 0 Å². The van der Waals surface area contributed by atoms with Crippen LogP contribution in [0.5, 0.6) is 0 Å². The van der Waals surface area contributed by atoms with Gasteiger partial charge in [0.15, 0.2) is 0 Å². The normalized spacial score (nSPS) is 10.5. The van der Waals surface area contributed by atoms with Gasteiger partial charge in [-0.25, -0.2) is 0 Å². The Balaban J connectivity index is 2.52. The van der Waals surface area contributed by atoms with Crippen molar-refractivity contribution in [3.05, 3.63) is 52.0 Å². The predicted molar refractivity (Wildman–Crippen MR) is 76.5 cm³/mol. The van der Waals surface area contributed by atoms with Crippen molar-refractivity contribution in [1.82, 2.24) is 0 Å². The van der Waals surface area contributed by atoms with Crippen LogP contribution in [0.1, 0.15) is 5.56 Å². The summed E-state index contributed by atoms with van der Waals surface area (Å²) in [6.07, 6.45) is 0. The van der Waals surface area contributed by atoms with Crippen molar-refractivity contribution in [1.29, 1.82) is 0 Å². The molecule has 2 rings (SSSR count). The monoisotopic (exact) mass is 280 g/mol. The summed E-state index contributed by atoms with van der Waals surface area (Å²) in [5, 5.41) is 19.0. The molecule has 0 atom stereocenters. The van der Waals surface area contributed by atoms with Gasteiger partial charge >= 0.3 is 7.12 Å². The molecule has 2 nitrogen and oxygen atoms in total. The molecule has 0 amide bonds. The summed E-state index contributed by atoms with van der Waals surface area (Å²) in [5.74, 6) is 0. The first kappa shape index (κ1) is 13.4. The van der Waals surface area contributed by atoms with Crippen LogP contribution >= 0.6 is 23.2 Å². The molecule has 0 fully saturated rings. The van der Waals surface area contributed by atoms with E-state index in [0.717, 1.165) is 16.7 Å². The molecule has 0 saturated carbocycles. The molecule has 0 aliphatic carbocycles. The predicted octanol–water partition coefficient (Wildman–Crippen LogP) is 2.65. The van der Waals surface area contributed by atoms with E-state index in [9.17, 15) is 0 Å². The van der Waals surface area contributed by atoms with Gasteiger partial charge < -0.3 is 10.0 Å². The van der Waals surface area contributed by atoms with Crippen LogP contribution in [0.2, 0.25) is 10.0 Å². The SMILES string of the molecule is Cc1ccc(-c2cc(Cl)c(B(O)O)cc2Cl)cc1. The van der Waals surface area contributed by atoms with Crippen molar-refractivity contribution in [3.63, 3.8) is 0 Å². The molecule has 0 spiro atoms. The van der Waals surface area contributed by atoms with E-state index in [1.165, 1.54) is 6.07 Å². The van der Waals surface area contributed by atoms with Crippen LogP contribution in [-0.4, -0.2) is 17.2 Å². The zero-order chi connectivity index (χ0) is 13.3. The maximum absolute atomic E-state index is 9.14. The lowest BCUT2D eigenvalue weighted by atomic mass is 9.79. The molecule has 0 aromatic heterocycles. The summed E-state index contributed by atoms with van der Waals surface area (Å²) in [6.45, 7) is 2.00. The minimum Gasteiger partial charge on any atom is -0.423 e. The van der Waals surface area contributed by atoms with Gasteiger partial charge in [0.1, 0.15) is 0 Å². The molecular weight excluding hydrogens is 270 g/mol. The molecular formula is C13H11BCl2O2. The Hall–Kier alpha value is -0.995. The van der Waals surface area contributed by atoms with Gasteiger partial charge in [-0.2, -0.15) is 0 Å². The standard InChI is InChI=1S/C13H11BCl2O2/c1-8-2-4-9(5-3-8)10-6-13(16)11(14(17)18)7-12(10)15/h2-7,17-18H,1H3. The summed E-state index contributed by atoms with van der Waals surface area (Å²) in [5.41, 5.74) is 3.07. The summed E-state index contributed by atoms with van der Waals surface area (Å²) in [4.78, 5) is 0. The van der Waals surface area contributed by atoms with Gasteiger partial charge in [0.05, 0.1) is 0 Å². The highest BCUT2D eigenvalue weighted by Crippen LogP contribution is 2.29. The number of benzene rings is 2. The van der Waals surface area contributed by atoms with Crippen LogP contribution in [0.25, 0.3) is 11.1 Å². The highest BCUT2D eigenvalue weighted by Gasteiger charge is 2.18. The van der Waals surface area contributed by atoms with E-state index >= 15 is 0 Å². The molecule has 0 aliphatic rings. The molecule has 0 aliphatic heterocycles. The van der Waals surface area contributed by atoms with Gasteiger partial charge in [0, 0.05) is 21.1 Å². The van der Waals surface area contributed by atoms with Crippen LogP contribution in [-0.2, 0) is 0 Å². The second-order valence-corrected chi connectivity index (χ2v) is 4.91. The van der Waals surface area contributed by atoms with Crippen LogP contribution in [0.3, 0.4) is 0 Å². The molecule has 0 bridgehead atoms. The fourth-order valence-corrected chi connectivity index (χ4v) is 2.26. The molecule has 92 valence electrons. The Morgan fingerprint density at radius 1 is 0.944 bits per heavy atom. The van der Waals surface area contributed by atoms with Crippen molar-refractivity contribution in [2.24, 2.45) is 0 Å². The van der Waals surface area contributed by atoms with Crippen LogP contribution < -0.4 is 5.46 Å². The van der Waals surface area contributed by atoms with Gasteiger partial charge in [0.25, 0.3) is 0 Å². The third-order valence-electron chi connectivity index (χ3n) is 2.73.